The molecule has 2 aliphatic heterocycles. The molecule has 9 heteroatoms. The van der Waals surface area contributed by atoms with Crippen LogP contribution in [-0.4, -0.2) is 60.2 Å². The SMILES string of the molecule is CCOC(=O)[C@@H]1[C@@H](C(C)(C)C)[C@H]([N+](=O)[O-])[C@H](c2ccccc2OC)N1C(=O)[C@@H]1CCCCO1. The quantitative estimate of drug-likeness (QED) is 0.362. The molecule has 1 aromatic rings. The number of likely N-dealkylation sites (tertiary alicyclic amines) is 1. The first kappa shape index (κ1) is 25.0. The molecule has 0 spiro atoms. The highest BCUT2D eigenvalue weighted by Gasteiger charge is 2.65. The Morgan fingerprint density at radius 1 is 1.24 bits per heavy atom. The molecule has 182 valence electrons. The van der Waals surface area contributed by atoms with Crippen molar-refractivity contribution in [2.24, 2.45) is 11.3 Å². The molecule has 2 aliphatic rings. The second kappa shape index (κ2) is 10.1. The minimum absolute atomic E-state index is 0.108. The first-order valence-corrected chi connectivity index (χ1v) is 11.5. The van der Waals surface area contributed by atoms with Gasteiger partial charge in [0.1, 0.15) is 23.9 Å². The summed E-state index contributed by atoms with van der Waals surface area (Å²) in [6.45, 7) is 7.78. The van der Waals surface area contributed by atoms with Crippen LogP contribution in [0.15, 0.2) is 24.3 Å². The van der Waals surface area contributed by atoms with Gasteiger partial charge in [-0.2, -0.15) is 0 Å². The number of ether oxygens (including phenoxy) is 3. The van der Waals surface area contributed by atoms with Gasteiger partial charge in [-0.1, -0.05) is 39.0 Å². The van der Waals surface area contributed by atoms with Crippen LogP contribution in [0.1, 0.15) is 58.6 Å². The average molecular weight is 463 g/mol. The predicted octanol–water partition coefficient (Wildman–Crippen LogP) is 3.39. The van der Waals surface area contributed by atoms with E-state index >= 15 is 0 Å². The lowest BCUT2D eigenvalue weighted by molar-refractivity contribution is -0.536. The zero-order chi connectivity index (χ0) is 24.3. The molecule has 0 saturated carbocycles. The predicted molar refractivity (Wildman–Crippen MR) is 120 cm³/mol. The molecule has 0 N–H and O–H groups in total. The fourth-order valence-corrected chi connectivity index (χ4v) is 5.23. The number of esters is 1. The number of benzene rings is 1. The van der Waals surface area contributed by atoms with Crippen molar-refractivity contribution in [2.45, 2.75) is 71.2 Å². The standard InChI is InChI=1S/C24H34N2O7/c1-6-32-23(28)21-18(24(2,3)4)20(26(29)30)19(15-11-7-8-12-16(15)31-5)25(21)22(27)17-13-9-10-14-33-17/h7-8,11-12,17-21H,6,9-10,13-14H2,1-5H3/t17-,18-,19-,20-,21-/m0/s1. The van der Waals surface area contributed by atoms with Crippen LogP contribution in [0.2, 0.25) is 0 Å². The first-order chi connectivity index (χ1) is 15.6. The van der Waals surface area contributed by atoms with Crippen molar-refractivity contribution in [3.05, 3.63) is 39.9 Å². The summed E-state index contributed by atoms with van der Waals surface area (Å²) < 4.78 is 16.6. The van der Waals surface area contributed by atoms with Crippen LogP contribution in [-0.2, 0) is 19.1 Å². The van der Waals surface area contributed by atoms with E-state index in [1.165, 1.54) is 12.0 Å². The van der Waals surface area contributed by atoms with Crippen LogP contribution in [0.25, 0.3) is 0 Å². The second-order valence-electron chi connectivity index (χ2n) is 9.65. The van der Waals surface area contributed by atoms with E-state index in [-0.39, 0.29) is 11.5 Å². The summed E-state index contributed by atoms with van der Waals surface area (Å²) in [5, 5.41) is 12.6. The van der Waals surface area contributed by atoms with Crippen LogP contribution in [0.5, 0.6) is 5.75 Å². The van der Waals surface area contributed by atoms with E-state index in [9.17, 15) is 19.7 Å². The summed E-state index contributed by atoms with van der Waals surface area (Å²) >= 11 is 0. The minimum atomic E-state index is -1.23. The number of carbonyl (C=O) groups excluding carboxylic acids is 2. The summed E-state index contributed by atoms with van der Waals surface area (Å²) in [5.74, 6) is -1.41. The van der Waals surface area contributed by atoms with E-state index in [0.29, 0.717) is 24.3 Å². The molecule has 0 aliphatic carbocycles. The van der Waals surface area contributed by atoms with Gasteiger partial charge in [-0.25, -0.2) is 4.79 Å². The van der Waals surface area contributed by atoms with Gasteiger partial charge in [-0.3, -0.25) is 14.9 Å². The lowest BCUT2D eigenvalue weighted by atomic mass is 9.72. The molecule has 0 radical (unpaired) electrons. The zero-order valence-electron chi connectivity index (χ0n) is 20.0. The Bertz CT molecular complexity index is 876. The summed E-state index contributed by atoms with van der Waals surface area (Å²) in [6.07, 6.45) is 1.42. The molecule has 0 bridgehead atoms. The molecular weight excluding hydrogens is 428 g/mol. The highest BCUT2D eigenvalue weighted by atomic mass is 16.6. The monoisotopic (exact) mass is 462 g/mol. The number of rotatable bonds is 6. The molecule has 3 rings (SSSR count). The fourth-order valence-electron chi connectivity index (χ4n) is 5.23. The van der Waals surface area contributed by atoms with Gasteiger partial charge in [-0.15, -0.1) is 0 Å². The summed E-state index contributed by atoms with van der Waals surface area (Å²) in [5.41, 5.74) is -0.176. The Kier molecular flexibility index (Phi) is 7.62. The van der Waals surface area contributed by atoms with E-state index < -0.39 is 47.4 Å². The number of para-hydroxylation sites is 1. The molecule has 1 aromatic carbocycles. The summed E-state index contributed by atoms with van der Waals surface area (Å²) in [4.78, 5) is 40.7. The molecule has 5 atom stereocenters. The minimum Gasteiger partial charge on any atom is -0.496 e. The van der Waals surface area contributed by atoms with Gasteiger partial charge >= 0.3 is 5.97 Å². The number of nitro groups is 1. The molecule has 9 nitrogen and oxygen atoms in total. The number of hydrogen-bond acceptors (Lipinski definition) is 7. The van der Waals surface area contributed by atoms with E-state index in [4.69, 9.17) is 14.2 Å². The fraction of sp³-hybridized carbons (Fsp3) is 0.667. The van der Waals surface area contributed by atoms with Crippen molar-refractivity contribution in [3.63, 3.8) is 0 Å². The normalized spacial score (nSPS) is 27.8. The Balaban J connectivity index is 2.25. The number of methoxy groups -OCH3 is 1. The van der Waals surface area contributed by atoms with E-state index in [2.05, 4.69) is 0 Å². The molecule has 2 saturated heterocycles. The molecule has 0 aromatic heterocycles. The maximum Gasteiger partial charge on any atom is 0.329 e. The van der Waals surface area contributed by atoms with E-state index in [1.54, 1.807) is 31.2 Å². The van der Waals surface area contributed by atoms with Gasteiger partial charge in [0.15, 0.2) is 0 Å². The lowest BCUT2D eigenvalue weighted by Gasteiger charge is -2.35. The topological polar surface area (TPSA) is 108 Å². The third-order valence-electron chi connectivity index (χ3n) is 6.57. The van der Waals surface area contributed by atoms with Crippen LogP contribution in [0.3, 0.4) is 0 Å². The largest absolute Gasteiger partial charge is 0.496 e. The van der Waals surface area contributed by atoms with Crippen molar-refractivity contribution < 1.29 is 28.7 Å². The first-order valence-electron chi connectivity index (χ1n) is 11.5. The summed E-state index contributed by atoms with van der Waals surface area (Å²) in [6, 6.07) is 3.58. The summed E-state index contributed by atoms with van der Waals surface area (Å²) in [7, 11) is 1.48. The van der Waals surface area contributed by atoms with Crippen LogP contribution < -0.4 is 4.74 Å². The van der Waals surface area contributed by atoms with Gasteiger partial charge in [0.25, 0.3) is 5.91 Å². The van der Waals surface area contributed by atoms with Gasteiger partial charge in [0.2, 0.25) is 6.04 Å². The number of carbonyl (C=O) groups is 2. The lowest BCUT2D eigenvalue weighted by Crippen LogP contribution is -2.51. The van der Waals surface area contributed by atoms with E-state index in [0.717, 1.165) is 12.8 Å². The van der Waals surface area contributed by atoms with Gasteiger partial charge < -0.3 is 19.1 Å². The van der Waals surface area contributed by atoms with Gasteiger partial charge in [0, 0.05) is 17.1 Å². The molecule has 1 amide bonds. The molecule has 0 unspecified atom stereocenters. The molecule has 2 fully saturated rings. The van der Waals surface area contributed by atoms with E-state index in [1.807, 2.05) is 20.8 Å². The zero-order valence-corrected chi connectivity index (χ0v) is 20.0. The Morgan fingerprint density at radius 2 is 1.94 bits per heavy atom. The second-order valence-corrected chi connectivity index (χ2v) is 9.65. The van der Waals surface area contributed by atoms with Crippen molar-refractivity contribution in [2.75, 3.05) is 20.3 Å². The Labute approximate surface area is 194 Å². The van der Waals surface area contributed by atoms with Gasteiger partial charge in [0.05, 0.1) is 19.6 Å². The molecular formula is C24H34N2O7. The third-order valence-corrected chi connectivity index (χ3v) is 6.57. The highest BCUT2D eigenvalue weighted by Crippen LogP contribution is 2.51. The van der Waals surface area contributed by atoms with Gasteiger partial charge in [-0.05, 0) is 37.7 Å². The highest BCUT2D eigenvalue weighted by molar-refractivity contribution is 5.89. The van der Waals surface area contributed by atoms with Crippen molar-refractivity contribution in [1.29, 1.82) is 0 Å². The maximum atomic E-state index is 13.9. The third kappa shape index (κ3) is 4.83. The van der Waals surface area contributed by atoms with Crippen LogP contribution in [0, 0.1) is 21.4 Å². The molecule has 2 heterocycles. The van der Waals surface area contributed by atoms with Crippen LogP contribution in [0.4, 0.5) is 0 Å². The Morgan fingerprint density at radius 3 is 2.48 bits per heavy atom. The smallest absolute Gasteiger partial charge is 0.329 e. The molecule has 33 heavy (non-hydrogen) atoms. The maximum absolute atomic E-state index is 13.9. The van der Waals surface area contributed by atoms with Crippen LogP contribution >= 0.6 is 0 Å². The van der Waals surface area contributed by atoms with Crippen molar-refractivity contribution >= 4 is 11.9 Å². The van der Waals surface area contributed by atoms with Crippen molar-refractivity contribution in [1.82, 2.24) is 4.90 Å². The number of amides is 1. The number of nitrogens with zero attached hydrogens (tertiary/aromatic N) is 2. The Hall–Kier alpha value is -2.68. The average Bonchev–Trinajstić information content (AvgIpc) is 3.16. The van der Waals surface area contributed by atoms with Crippen molar-refractivity contribution in [3.8, 4) is 5.75 Å². The number of hydrogen-bond donors (Lipinski definition) is 0.